The summed E-state index contributed by atoms with van der Waals surface area (Å²) in [6.07, 6.45) is 3.38. The summed E-state index contributed by atoms with van der Waals surface area (Å²) in [6, 6.07) is 7.71. The van der Waals surface area contributed by atoms with Gasteiger partial charge in [-0.2, -0.15) is 14.9 Å². The topological polar surface area (TPSA) is 55.2 Å². The van der Waals surface area contributed by atoms with E-state index in [2.05, 4.69) is 15.3 Å². The summed E-state index contributed by atoms with van der Waals surface area (Å²) in [5.74, 6) is 0.824. The average Bonchev–Trinajstić information content (AvgIpc) is 2.72. The molecule has 0 saturated heterocycles. The maximum Gasteiger partial charge on any atom is 0.216 e. The van der Waals surface area contributed by atoms with Crippen LogP contribution in [0.3, 0.4) is 0 Å². The lowest BCUT2D eigenvalue weighted by Gasteiger charge is -2.09. The van der Waals surface area contributed by atoms with Crippen molar-refractivity contribution in [2.45, 2.75) is 20.0 Å². The van der Waals surface area contributed by atoms with Gasteiger partial charge in [0.05, 0.1) is 12.3 Å². The van der Waals surface area contributed by atoms with Crippen molar-refractivity contribution in [3.63, 3.8) is 0 Å². The lowest BCUT2D eigenvalue weighted by molar-refractivity contribution is 0.242. The molecule has 18 heavy (non-hydrogen) atoms. The Balaban J connectivity index is 2.17. The van der Waals surface area contributed by atoms with Crippen molar-refractivity contribution in [2.24, 2.45) is 5.10 Å². The van der Waals surface area contributed by atoms with E-state index in [9.17, 15) is 0 Å². The van der Waals surface area contributed by atoms with Crippen LogP contribution in [0.25, 0.3) is 0 Å². The monoisotopic (exact) mass is 262 g/mol. The first-order valence-corrected chi connectivity index (χ1v) is 5.99. The van der Waals surface area contributed by atoms with Crippen molar-refractivity contribution < 1.29 is 4.74 Å². The predicted molar refractivity (Wildman–Crippen MR) is 72.6 cm³/mol. The Morgan fingerprint density at radius 1 is 1.50 bits per heavy atom. The van der Waals surface area contributed by atoms with Crippen LogP contribution in [0.15, 0.2) is 35.7 Å². The van der Waals surface area contributed by atoms with Crippen LogP contribution in [0.2, 0.25) is 0 Å². The molecule has 0 aliphatic carbocycles. The van der Waals surface area contributed by atoms with Gasteiger partial charge in [0, 0.05) is 0 Å². The second-order valence-electron chi connectivity index (χ2n) is 3.99. The third-order valence-electron chi connectivity index (χ3n) is 2.10. The van der Waals surface area contributed by atoms with Crippen molar-refractivity contribution in [2.75, 3.05) is 0 Å². The van der Waals surface area contributed by atoms with Crippen LogP contribution >= 0.6 is 12.2 Å². The smallest absolute Gasteiger partial charge is 0.216 e. The fourth-order valence-electron chi connectivity index (χ4n) is 1.39. The lowest BCUT2D eigenvalue weighted by Crippen LogP contribution is -2.05. The van der Waals surface area contributed by atoms with Gasteiger partial charge in [0.1, 0.15) is 12.1 Å². The zero-order valence-corrected chi connectivity index (χ0v) is 11.0. The Labute approximate surface area is 110 Å². The maximum atomic E-state index is 5.61. The number of aromatic nitrogens is 3. The number of nitrogens with zero attached hydrogens (tertiary/aromatic N) is 3. The van der Waals surface area contributed by atoms with Crippen molar-refractivity contribution in [3.8, 4) is 5.75 Å². The molecule has 0 amide bonds. The SMILES string of the molecule is CC(C)Oc1cccc(/C=N\n2cn[nH]c2=S)c1. The van der Waals surface area contributed by atoms with E-state index in [0.29, 0.717) is 4.77 Å². The summed E-state index contributed by atoms with van der Waals surface area (Å²) >= 11 is 4.99. The van der Waals surface area contributed by atoms with Crippen molar-refractivity contribution in [1.82, 2.24) is 14.9 Å². The van der Waals surface area contributed by atoms with Crippen molar-refractivity contribution >= 4 is 18.4 Å². The molecule has 94 valence electrons. The van der Waals surface area contributed by atoms with Gasteiger partial charge in [0.25, 0.3) is 0 Å². The van der Waals surface area contributed by atoms with E-state index in [4.69, 9.17) is 17.0 Å². The molecule has 0 bridgehead atoms. The van der Waals surface area contributed by atoms with E-state index >= 15 is 0 Å². The van der Waals surface area contributed by atoms with E-state index in [0.717, 1.165) is 11.3 Å². The molecule has 1 aromatic heterocycles. The van der Waals surface area contributed by atoms with Gasteiger partial charge in [-0.05, 0) is 43.8 Å². The summed E-state index contributed by atoms with van der Waals surface area (Å²) in [4.78, 5) is 0. The summed E-state index contributed by atoms with van der Waals surface area (Å²) < 4.78 is 7.56. The largest absolute Gasteiger partial charge is 0.491 e. The maximum absolute atomic E-state index is 5.61. The molecule has 0 aliphatic heterocycles. The minimum absolute atomic E-state index is 0.152. The van der Waals surface area contributed by atoms with E-state index in [1.165, 1.54) is 11.0 Å². The number of hydrogen-bond donors (Lipinski definition) is 1. The molecule has 0 saturated carbocycles. The average molecular weight is 262 g/mol. The Hall–Kier alpha value is -1.95. The van der Waals surface area contributed by atoms with E-state index < -0.39 is 0 Å². The van der Waals surface area contributed by atoms with Gasteiger partial charge in [-0.3, -0.25) is 5.10 Å². The standard InChI is InChI=1S/C12H14N4OS/c1-9(2)17-11-5-3-4-10(6-11)7-14-16-8-13-15-12(16)18/h3-9H,1-2H3,(H,15,18)/b14-7-. The zero-order chi connectivity index (χ0) is 13.0. The highest BCUT2D eigenvalue weighted by molar-refractivity contribution is 7.71. The van der Waals surface area contributed by atoms with Gasteiger partial charge in [-0.1, -0.05) is 12.1 Å². The molecule has 0 spiro atoms. The molecule has 0 atom stereocenters. The molecular weight excluding hydrogens is 248 g/mol. The fourth-order valence-corrected chi connectivity index (χ4v) is 1.54. The minimum atomic E-state index is 0.152. The van der Waals surface area contributed by atoms with Gasteiger partial charge in [0.2, 0.25) is 4.77 Å². The van der Waals surface area contributed by atoms with Gasteiger partial charge in [0.15, 0.2) is 0 Å². The number of rotatable bonds is 4. The Morgan fingerprint density at radius 2 is 2.33 bits per heavy atom. The summed E-state index contributed by atoms with van der Waals surface area (Å²) in [6.45, 7) is 3.98. The molecule has 1 N–H and O–H groups in total. The van der Waals surface area contributed by atoms with Crippen LogP contribution in [0.5, 0.6) is 5.75 Å². The lowest BCUT2D eigenvalue weighted by atomic mass is 10.2. The molecule has 0 aliphatic rings. The Morgan fingerprint density at radius 3 is 3.00 bits per heavy atom. The molecule has 5 nitrogen and oxygen atoms in total. The van der Waals surface area contributed by atoms with Gasteiger partial charge >= 0.3 is 0 Å². The number of hydrogen-bond acceptors (Lipinski definition) is 4. The zero-order valence-electron chi connectivity index (χ0n) is 10.2. The first-order chi connectivity index (χ1) is 8.65. The summed E-state index contributed by atoms with van der Waals surface area (Å²) in [5, 5.41) is 10.6. The Bertz CT molecular complexity index is 600. The second kappa shape index (κ2) is 5.59. The van der Waals surface area contributed by atoms with Crippen LogP contribution in [-0.2, 0) is 0 Å². The van der Waals surface area contributed by atoms with Gasteiger partial charge < -0.3 is 4.74 Å². The highest BCUT2D eigenvalue weighted by Crippen LogP contribution is 2.13. The number of H-pyrrole nitrogens is 1. The summed E-state index contributed by atoms with van der Waals surface area (Å²) in [7, 11) is 0. The third-order valence-corrected chi connectivity index (χ3v) is 2.37. The van der Waals surface area contributed by atoms with Crippen LogP contribution in [0, 0.1) is 4.77 Å². The van der Waals surface area contributed by atoms with Crippen LogP contribution in [0.4, 0.5) is 0 Å². The number of nitrogens with one attached hydrogen (secondary N) is 1. The van der Waals surface area contributed by atoms with Crippen LogP contribution in [0.1, 0.15) is 19.4 Å². The number of benzene rings is 1. The number of ether oxygens (including phenoxy) is 1. The Kier molecular flexibility index (Phi) is 3.88. The third kappa shape index (κ3) is 3.27. The highest BCUT2D eigenvalue weighted by atomic mass is 32.1. The molecule has 0 radical (unpaired) electrons. The molecule has 0 fully saturated rings. The van der Waals surface area contributed by atoms with Crippen molar-refractivity contribution in [1.29, 1.82) is 0 Å². The molecule has 0 unspecified atom stereocenters. The normalized spacial score (nSPS) is 11.3. The second-order valence-corrected chi connectivity index (χ2v) is 4.38. The van der Waals surface area contributed by atoms with E-state index in [1.54, 1.807) is 6.21 Å². The molecule has 6 heteroatoms. The predicted octanol–water partition coefficient (Wildman–Crippen LogP) is 2.61. The van der Waals surface area contributed by atoms with E-state index in [-0.39, 0.29) is 6.10 Å². The molecule has 2 rings (SSSR count). The first kappa shape index (κ1) is 12.5. The van der Waals surface area contributed by atoms with Crippen molar-refractivity contribution in [3.05, 3.63) is 40.9 Å². The first-order valence-electron chi connectivity index (χ1n) is 5.58. The van der Waals surface area contributed by atoms with Gasteiger partial charge in [-0.25, -0.2) is 0 Å². The fraction of sp³-hybridized carbons (Fsp3) is 0.250. The molecule has 1 aromatic carbocycles. The quantitative estimate of drug-likeness (QED) is 0.680. The molecular formula is C12H14N4OS. The minimum Gasteiger partial charge on any atom is -0.491 e. The summed E-state index contributed by atoms with van der Waals surface area (Å²) in [5.41, 5.74) is 0.941. The van der Waals surface area contributed by atoms with Crippen LogP contribution in [-0.4, -0.2) is 27.2 Å². The number of aromatic amines is 1. The van der Waals surface area contributed by atoms with E-state index in [1.807, 2.05) is 38.1 Å². The van der Waals surface area contributed by atoms with Crippen LogP contribution < -0.4 is 4.74 Å². The van der Waals surface area contributed by atoms with Gasteiger partial charge in [-0.15, -0.1) is 0 Å². The molecule has 1 heterocycles. The highest BCUT2D eigenvalue weighted by Gasteiger charge is 1.98. The molecule has 2 aromatic rings.